The van der Waals surface area contributed by atoms with Crippen LogP contribution in [-0.2, 0) is 6.42 Å². The largest absolute Gasteiger partial charge is 0.493 e. The van der Waals surface area contributed by atoms with Crippen LogP contribution in [-0.4, -0.2) is 24.2 Å². The molecule has 0 bridgehead atoms. The molecule has 2 aromatic rings. The second-order valence-corrected chi connectivity index (χ2v) is 7.43. The third-order valence-electron chi connectivity index (χ3n) is 4.29. The van der Waals surface area contributed by atoms with Crippen molar-refractivity contribution in [1.29, 1.82) is 0 Å². The standard InChI is InChI=1S/C20H21BrN2O2S/c1-2-3-12-25-18-9-8-15(21)13-16(18)19(24)22-20(26)23-11-10-14-6-4-5-7-17(14)23/h4-9,13H,2-3,10-12H2,1H3,(H,22,24,26). The summed E-state index contributed by atoms with van der Waals surface area (Å²) in [5.74, 6) is 0.316. The first-order valence-corrected chi connectivity index (χ1v) is 9.93. The van der Waals surface area contributed by atoms with Crippen LogP contribution in [0.5, 0.6) is 5.75 Å². The molecule has 0 unspecified atom stereocenters. The number of nitrogens with one attached hydrogen (secondary N) is 1. The van der Waals surface area contributed by atoms with Crippen LogP contribution in [0, 0.1) is 0 Å². The van der Waals surface area contributed by atoms with Gasteiger partial charge in [0.15, 0.2) is 5.11 Å². The van der Waals surface area contributed by atoms with Gasteiger partial charge in [-0.3, -0.25) is 10.1 Å². The van der Waals surface area contributed by atoms with Crippen LogP contribution >= 0.6 is 28.1 Å². The second-order valence-electron chi connectivity index (χ2n) is 6.13. The first-order valence-electron chi connectivity index (χ1n) is 8.73. The van der Waals surface area contributed by atoms with Crippen molar-refractivity contribution in [2.24, 2.45) is 0 Å². The molecule has 0 saturated heterocycles. The van der Waals surface area contributed by atoms with Crippen molar-refractivity contribution >= 4 is 44.9 Å². The number of unbranched alkanes of at least 4 members (excludes halogenated alkanes) is 1. The number of hydrogen-bond donors (Lipinski definition) is 1. The molecular formula is C20H21BrN2O2S. The summed E-state index contributed by atoms with van der Waals surface area (Å²) >= 11 is 8.91. The molecule has 136 valence electrons. The molecule has 0 radical (unpaired) electrons. The number of hydrogen-bond acceptors (Lipinski definition) is 3. The van der Waals surface area contributed by atoms with E-state index in [0.29, 0.717) is 23.0 Å². The molecule has 1 N–H and O–H groups in total. The quantitative estimate of drug-likeness (QED) is 0.548. The number of halogens is 1. The van der Waals surface area contributed by atoms with Gasteiger partial charge in [0.2, 0.25) is 0 Å². The van der Waals surface area contributed by atoms with Gasteiger partial charge in [-0.1, -0.05) is 47.5 Å². The number of carbonyl (C=O) groups is 1. The van der Waals surface area contributed by atoms with Gasteiger partial charge < -0.3 is 9.64 Å². The normalized spacial score (nSPS) is 12.6. The SMILES string of the molecule is CCCCOc1ccc(Br)cc1C(=O)NC(=S)N1CCc2ccccc21. The lowest BCUT2D eigenvalue weighted by atomic mass is 10.2. The van der Waals surface area contributed by atoms with Gasteiger partial charge in [0, 0.05) is 16.7 Å². The third-order valence-corrected chi connectivity index (χ3v) is 5.11. The number of fused-ring (bicyclic) bond motifs is 1. The minimum atomic E-state index is -0.257. The summed E-state index contributed by atoms with van der Waals surface area (Å²) in [7, 11) is 0. The number of thiocarbonyl (C=S) groups is 1. The molecule has 0 atom stereocenters. The summed E-state index contributed by atoms with van der Waals surface area (Å²) in [6, 6.07) is 13.6. The molecule has 3 rings (SSSR count). The Bertz CT molecular complexity index is 825. The van der Waals surface area contributed by atoms with Gasteiger partial charge in [-0.05, 0) is 54.9 Å². The Kier molecular flexibility index (Phi) is 6.27. The van der Waals surface area contributed by atoms with Crippen molar-refractivity contribution in [3.63, 3.8) is 0 Å². The predicted molar refractivity (Wildman–Crippen MR) is 112 cm³/mol. The highest BCUT2D eigenvalue weighted by molar-refractivity contribution is 9.10. The van der Waals surface area contributed by atoms with Gasteiger partial charge in [0.1, 0.15) is 5.75 Å². The third kappa shape index (κ3) is 4.24. The molecule has 1 aliphatic rings. The average Bonchev–Trinajstić information content (AvgIpc) is 3.07. The molecule has 26 heavy (non-hydrogen) atoms. The maximum atomic E-state index is 12.8. The lowest BCUT2D eigenvalue weighted by molar-refractivity contribution is 0.0973. The molecule has 0 spiro atoms. The van der Waals surface area contributed by atoms with Crippen LogP contribution in [0.15, 0.2) is 46.9 Å². The number of carbonyl (C=O) groups excluding carboxylic acids is 1. The van der Waals surface area contributed by atoms with Crippen molar-refractivity contribution in [2.75, 3.05) is 18.1 Å². The molecule has 4 nitrogen and oxygen atoms in total. The molecule has 2 aromatic carbocycles. The Morgan fingerprint density at radius 1 is 1.31 bits per heavy atom. The number of para-hydroxylation sites is 1. The molecule has 1 amide bonds. The Morgan fingerprint density at radius 2 is 2.12 bits per heavy atom. The van der Waals surface area contributed by atoms with Crippen LogP contribution in [0.25, 0.3) is 0 Å². The fourth-order valence-corrected chi connectivity index (χ4v) is 3.56. The maximum absolute atomic E-state index is 12.8. The summed E-state index contributed by atoms with van der Waals surface area (Å²) in [6.45, 7) is 3.46. The van der Waals surface area contributed by atoms with E-state index in [2.05, 4.69) is 34.2 Å². The van der Waals surface area contributed by atoms with Crippen molar-refractivity contribution in [1.82, 2.24) is 5.32 Å². The van der Waals surface area contributed by atoms with E-state index in [4.69, 9.17) is 17.0 Å². The van der Waals surface area contributed by atoms with Gasteiger partial charge in [-0.2, -0.15) is 0 Å². The first kappa shape index (κ1) is 18.9. The van der Waals surface area contributed by atoms with E-state index in [9.17, 15) is 4.79 Å². The summed E-state index contributed by atoms with van der Waals surface area (Å²) in [5.41, 5.74) is 2.78. The smallest absolute Gasteiger partial charge is 0.261 e. The van der Waals surface area contributed by atoms with Crippen LogP contribution in [0.4, 0.5) is 5.69 Å². The molecule has 1 heterocycles. The topological polar surface area (TPSA) is 41.6 Å². The predicted octanol–water partition coefficient (Wildman–Crippen LogP) is 4.71. The summed E-state index contributed by atoms with van der Waals surface area (Å²) in [5, 5.41) is 3.27. The Hall–Kier alpha value is -1.92. The number of nitrogens with zero attached hydrogens (tertiary/aromatic N) is 1. The zero-order valence-electron chi connectivity index (χ0n) is 14.6. The zero-order chi connectivity index (χ0) is 18.5. The number of ether oxygens (including phenoxy) is 1. The fraction of sp³-hybridized carbons (Fsp3) is 0.300. The summed E-state index contributed by atoms with van der Waals surface area (Å²) < 4.78 is 6.60. The molecule has 0 saturated carbocycles. The van der Waals surface area contributed by atoms with Gasteiger partial charge in [-0.15, -0.1) is 0 Å². The van der Waals surface area contributed by atoms with E-state index in [1.54, 1.807) is 6.07 Å². The highest BCUT2D eigenvalue weighted by Crippen LogP contribution is 2.28. The molecular weight excluding hydrogens is 412 g/mol. The Balaban J connectivity index is 1.74. The van der Waals surface area contributed by atoms with E-state index in [-0.39, 0.29) is 5.91 Å². The Labute approximate surface area is 167 Å². The monoisotopic (exact) mass is 432 g/mol. The average molecular weight is 433 g/mol. The molecule has 1 aliphatic heterocycles. The van der Waals surface area contributed by atoms with E-state index in [1.807, 2.05) is 35.2 Å². The van der Waals surface area contributed by atoms with Gasteiger partial charge in [-0.25, -0.2) is 0 Å². The first-order chi connectivity index (χ1) is 12.6. The van der Waals surface area contributed by atoms with Crippen LogP contribution in [0.2, 0.25) is 0 Å². The fourth-order valence-electron chi connectivity index (χ4n) is 2.91. The number of rotatable bonds is 5. The van der Waals surface area contributed by atoms with E-state index < -0.39 is 0 Å². The molecule has 6 heteroatoms. The molecule has 0 aromatic heterocycles. The molecule has 0 aliphatic carbocycles. The minimum absolute atomic E-state index is 0.257. The number of benzene rings is 2. The van der Waals surface area contributed by atoms with Crippen molar-refractivity contribution in [3.8, 4) is 5.75 Å². The van der Waals surface area contributed by atoms with Crippen molar-refractivity contribution < 1.29 is 9.53 Å². The van der Waals surface area contributed by atoms with E-state index in [0.717, 1.165) is 36.0 Å². The lowest BCUT2D eigenvalue weighted by Crippen LogP contribution is -2.42. The van der Waals surface area contributed by atoms with E-state index >= 15 is 0 Å². The zero-order valence-corrected chi connectivity index (χ0v) is 17.0. The Morgan fingerprint density at radius 3 is 2.92 bits per heavy atom. The lowest BCUT2D eigenvalue weighted by Gasteiger charge is -2.21. The van der Waals surface area contributed by atoms with Crippen LogP contribution in [0.3, 0.4) is 0 Å². The van der Waals surface area contributed by atoms with Gasteiger partial charge in [0.25, 0.3) is 5.91 Å². The molecule has 0 fully saturated rings. The minimum Gasteiger partial charge on any atom is -0.493 e. The summed E-state index contributed by atoms with van der Waals surface area (Å²) in [4.78, 5) is 14.8. The van der Waals surface area contributed by atoms with Crippen molar-refractivity contribution in [3.05, 3.63) is 58.1 Å². The van der Waals surface area contributed by atoms with Gasteiger partial charge in [0.05, 0.1) is 12.2 Å². The van der Waals surface area contributed by atoms with Crippen molar-refractivity contribution in [2.45, 2.75) is 26.2 Å². The van der Waals surface area contributed by atoms with E-state index in [1.165, 1.54) is 5.56 Å². The van der Waals surface area contributed by atoms with Crippen LogP contribution in [0.1, 0.15) is 35.7 Å². The van der Waals surface area contributed by atoms with Gasteiger partial charge >= 0.3 is 0 Å². The van der Waals surface area contributed by atoms with Crippen LogP contribution < -0.4 is 15.0 Å². The summed E-state index contributed by atoms with van der Waals surface area (Å²) in [6.07, 6.45) is 2.91. The second kappa shape index (κ2) is 8.64. The maximum Gasteiger partial charge on any atom is 0.261 e. The number of anilines is 1. The number of amides is 1. The highest BCUT2D eigenvalue weighted by atomic mass is 79.9. The highest BCUT2D eigenvalue weighted by Gasteiger charge is 2.24.